The predicted octanol–water partition coefficient (Wildman–Crippen LogP) is 4.74. The second kappa shape index (κ2) is 11.5. The molecule has 1 N–H and O–H groups in total. The number of benzene rings is 2. The third-order valence-corrected chi connectivity index (χ3v) is 6.47. The van der Waals surface area contributed by atoms with Crippen LogP contribution in [0.4, 0.5) is 0 Å². The van der Waals surface area contributed by atoms with Crippen LogP contribution in [0.5, 0.6) is 5.75 Å². The Morgan fingerprint density at radius 1 is 1.03 bits per heavy atom. The van der Waals surface area contributed by atoms with E-state index in [1.165, 1.54) is 17.3 Å². The van der Waals surface area contributed by atoms with E-state index >= 15 is 0 Å². The first-order chi connectivity index (χ1) is 16.7. The summed E-state index contributed by atoms with van der Waals surface area (Å²) in [6.07, 6.45) is 4.40. The van der Waals surface area contributed by atoms with Crippen molar-refractivity contribution in [3.8, 4) is 22.8 Å². The summed E-state index contributed by atoms with van der Waals surface area (Å²) in [7, 11) is 1.64. The minimum Gasteiger partial charge on any atom is -0.497 e. The van der Waals surface area contributed by atoms with Gasteiger partial charge in [0.2, 0.25) is 5.91 Å². The predicted molar refractivity (Wildman–Crippen MR) is 134 cm³/mol. The van der Waals surface area contributed by atoms with Crippen molar-refractivity contribution in [1.29, 1.82) is 0 Å². The molecule has 0 aliphatic rings. The van der Waals surface area contributed by atoms with Crippen molar-refractivity contribution in [3.05, 3.63) is 84.7 Å². The number of aromatic nitrogens is 4. The van der Waals surface area contributed by atoms with Crippen LogP contribution in [0.2, 0.25) is 0 Å². The molecule has 4 rings (SSSR count). The molecular weight excluding hydrogens is 446 g/mol. The fraction of sp³-hybridized carbons (Fsp3) is 0.231. The highest BCUT2D eigenvalue weighted by molar-refractivity contribution is 7.99. The van der Waals surface area contributed by atoms with E-state index in [4.69, 9.17) is 4.74 Å². The summed E-state index contributed by atoms with van der Waals surface area (Å²) < 4.78 is 7.24. The first-order valence-electron chi connectivity index (χ1n) is 11.1. The van der Waals surface area contributed by atoms with Crippen molar-refractivity contribution < 1.29 is 9.53 Å². The summed E-state index contributed by atoms with van der Waals surface area (Å²) in [6.45, 7) is 2.74. The SMILES string of the molecule is CC[C@H](CNC(=O)CSc1nnc(-c2ccncc2)n1-c1ccc(OC)cc1)c1ccccc1. The number of pyridine rings is 1. The van der Waals surface area contributed by atoms with Gasteiger partial charge in [-0.15, -0.1) is 10.2 Å². The molecule has 2 aromatic carbocycles. The van der Waals surface area contributed by atoms with Crippen molar-refractivity contribution in [3.63, 3.8) is 0 Å². The van der Waals surface area contributed by atoms with Crippen LogP contribution < -0.4 is 10.1 Å². The van der Waals surface area contributed by atoms with Gasteiger partial charge in [-0.1, -0.05) is 49.0 Å². The van der Waals surface area contributed by atoms with Gasteiger partial charge in [0.05, 0.1) is 12.9 Å². The molecule has 7 nitrogen and oxygen atoms in total. The third kappa shape index (κ3) is 5.63. The van der Waals surface area contributed by atoms with Crippen LogP contribution in [-0.2, 0) is 4.79 Å². The minimum atomic E-state index is -0.0332. The number of hydrogen-bond acceptors (Lipinski definition) is 6. The molecule has 8 heteroatoms. The normalized spacial score (nSPS) is 11.7. The summed E-state index contributed by atoms with van der Waals surface area (Å²) in [5.74, 6) is 1.95. The Morgan fingerprint density at radius 3 is 2.44 bits per heavy atom. The molecule has 2 aromatic heterocycles. The quantitative estimate of drug-likeness (QED) is 0.335. The molecule has 34 heavy (non-hydrogen) atoms. The Morgan fingerprint density at radius 2 is 1.76 bits per heavy atom. The van der Waals surface area contributed by atoms with E-state index in [1.54, 1.807) is 19.5 Å². The Labute approximate surface area is 203 Å². The lowest BCUT2D eigenvalue weighted by Crippen LogP contribution is -2.29. The number of nitrogens with one attached hydrogen (secondary N) is 1. The van der Waals surface area contributed by atoms with Gasteiger partial charge in [-0.25, -0.2) is 0 Å². The van der Waals surface area contributed by atoms with Crippen molar-refractivity contribution >= 4 is 17.7 Å². The largest absolute Gasteiger partial charge is 0.497 e. The van der Waals surface area contributed by atoms with E-state index < -0.39 is 0 Å². The Kier molecular flexibility index (Phi) is 7.93. The number of nitrogens with zero attached hydrogens (tertiary/aromatic N) is 4. The first-order valence-corrected chi connectivity index (χ1v) is 12.1. The maximum atomic E-state index is 12.7. The van der Waals surface area contributed by atoms with E-state index in [0.717, 1.165) is 23.4 Å². The van der Waals surface area contributed by atoms with Crippen LogP contribution in [0.3, 0.4) is 0 Å². The topological polar surface area (TPSA) is 81.9 Å². The maximum absolute atomic E-state index is 12.7. The second-order valence-electron chi connectivity index (χ2n) is 7.68. The fourth-order valence-corrected chi connectivity index (χ4v) is 4.44. The Balaban J connectivity index is 1.49. The molecule has 174 valence electrons. The molecule has 0 aliphatic carbocycles. The summed E-state index contributed by atoms with van der Waals surface area (Å²) >= 11 is 1.36. The fourth-order valence-electron chi connectivity index (χ4n) is 3.66. The van der Waals surface area contributed by atoms with Gasteiger partial charge in [0.1, 0.15) is 5.75 Å². The van der Waals surface area contributed by atoms with Crippen molar-refractivity contribution in [2.24, 2.45) is 0 Å². The molecule has 0 fully saturated rings. The van der Waals surface area contributed by atoms with Crippen LogP contribution in [0, 0.1) is 0 Å². The molecule has 0 bridgehead atoms. The van der Waals surface area contributed by atoms with Gasteiger partial charge in [0, 0.05) is 36.1 Å². The smallest absolute Gasteiger partial charge is 0.230 e. The lowest BCUT2D eigenvalue weighted by atomic mass is 9.96. The Bertz CT molecular complexity index is 1200. The lowest BCUT2D eigenvalue weighted by Gasteiger charge is -2.16. The molecule has 0 saturated carbocycles. The summed E-state index contributed by atoms with van der Waals surface area (Å²) in [5, 5.41) is 12.5. The van der Waals surface area contributed by atoms with Crippen molar-refractivity contribution in [2.45, 2.75) is 24.4 Å². The van der Waals surface area contributed by atoms with Crippen molar-refractivity contribution in [2.75, 3.05) is 19.4 Å². The van der Waals surface area contributed by atoms with Gasteiger partial charge in [-0.2, -0.15) is 0 Å². The molecule has 0 saturated heterocycles. The molecule has 2 heterocycles. The minimum absolute atomic E-state index is 0.0332. The molecule has 1 amide bonds. The second-order valence-corrected chi connectivity index (χ2v) is 8.63. The van der Waals surface area contributed by atoms with E-state index in [1.807, 2.05) is 59.2 Å². The average Bonchev–Trinajstić information content (AvgIpc) is 3.33. The maximum Gasteiger partial charge on any atom is 0.230 e. The summed E-state index contributed by atoms with van der Waals surface area (Å²) in [5.41, 5.74) is 3.01. The van der Waals surface area contributed by atoms with E-state index in [0.29, 0.717) is 17.5 Å². The van der Waals surface area contributed by atoms with Gasteiger partial charge in [-0.05, 0) is 48.4 Å². The zero-order chi connectivity index (χ0) is 23.8. The van der Waals surface area contributed by atoms with Gasteiger partial charge in [-0.3, -0.25) is 14.3 Å². The standard InChI is InChI=1S/C26H27N5O2S/c1-3-19(20-7-5-4-6-8-20)17-28-24(32)18-34-26-30-29-25(21-13-15-27-16-14-21)31(26)22-9-11-23(33-2)12-10-22/h4-16,19H,3,17-18H2,1-2H3,(H,28,32)/t19-/m1/s1. The molecule has 0 radical (unpaired) electrons. The number of amides is 1. The monoisotopic (exact) mass is 473 g/mol. The number of hydrogen-bond donors (Lipinski definition) is 1. The zero-order valence-electron chi connectivity index (χ0n) is 19.2. The highest BCUT2D eigenvalue weighted by atomic mass is 32.2. The molecule has 0 aliphatic heterocycles. The van der Waals surface area contributed by atoms with Crippen LogP contribution in [0.25, 0.3) is 17.1 Å². The Hall–Kier alpha value is -3.65. The number of methoxy groups -OCH3 is 1. The third-order valence-electron chi connectivity index (χ3n) is 5.54. The van der Waals surface area contributed by atoms with Gasteiger partial charge in [0.15, 0.2) is 11.0 Å². The zero-order valence-corrected chi connectivity index (χ0v) is 20.0. The van der Waals surface area contributed by atoms with E-state index in [9.17, 15) is 4.79 Å². The van der Waals surface area contributed by atoms with E-state index in [-0.39, 0.29) is 17.6 Å². The number of carbonyl (C=O) groups is 1. The number of rotatable bonds is 10. The van der Waals surface area contributed by atoms with Crippen LogP contribution >= 0.6 is 11.8 Å². The highest BCUT2D eigenvalue weighted by Gasteiger charge is 2.18. The van der Waals surface area contributed by atoms with Gasteiger partial charge >= 0.3 is 0 Å². The van der Waals surface area contributed by atoms with E-state index in [2.05, 4.69) is 39.6 Å². The summed E-state index contributed by atoms with van der Waals surface area (Å²) in [6, 6.07) is 21.7. The average molecular weight is 474 g/mol. The molecule has 0 unspecified atom stereocenters. The summed E-state index contributed by atoms with van der Waals surface area (Å²) in [4.78, 5) is 16.8. The van der Waals surface area contributed by atoms with Gasteiger partial charge < -0.3 is 10.1 Å². The molecule has 0 spiro atoms. The van der Waals surface area contributed by atoms with Crippen LogP contribution in [0.15, 0.2) is 84.3 Å². The number of ether oxygens (including phenoxy) is 1. The molecular formula is C26H27N5O2S. The lowest BCUT2D eigenvalue weighted by molar-refractivity contribution is -0.118. The van der Waals surface area contributed by atoms with Crippen LogP contribution in [-0.4, -0.2) is 45.1 Å². The number of thioether (sulfide) groups is 1. The first kappa shape index (κ1) is 23.5. The number of carbonyl (C=O) groups excluding carboxylic acids is 1. The molecule has 1 atom stereocenters. The molecule has 4 aromatic rings. The highest BCUT2D eigenvalue weighted by Crippen LogP contribution is 2.28. The van der Waals surface area contributed by atoms with Crippen LogP contribution in [0.1, 0.15) is 24.8 Å². The van der Waals surface area contributed by atoms with Gasteiger partial charge in [0.25, 0.3) is 0 Å². The van der Waals surface area contributed by atoms with Crippen molar-refractivity contribution in [1.82, 2.24) is 25.1 Å².